The first-order chi connectivity index (χ1) is 16.9. The van der Waals surface area contributed by atoms with Crippen LogP contribution in [0.15, 0.2) is 36.5 Å². The number of benzene rings is 1. The monoisotopic (exact) mass is 517 g/mol. The van der Waals surface area contributed by atoms with Crippen LogP contribution in [0.1, 0.15) is 27.8 Å². The van der Waals surface area contributed by atoms with E-state index < -0.39 is 53.2 Å². The van der Waals surface area contributed by atoms with Gasteiger partial charge >= 0.3 is 12.5 Å². The highest BCUT2D eigenvalue weighted by Crippen LogP contribution is 2.38. The third-order valence-corrected chi connectivity index (χ3v) is 5.75. The minimum atomic E-state index is -4.99. The van der Waals surface area contributed by atoms with Crippen LogP contribution in [0.25, 0.3) is 11.5 Å². The van der Waals surface area contributed by atoms with Crippen LogP contribution in [0.3, 0.4) is 0 Å². The molecule has 5 rings (SSSR count). The van der Waals surface area contributed by atoms with Crippen molar-refractivity contribution in [3.05, 3.63) is 59.3 Å². The zero-order valence-corrected chi connectivity index (χ0v) is 17.8. The second kappa shape index (κ2) is 8.43. The SMILES string of the molecule is O=C(c1cccc(C(F)(F)F)c1F)N1[C@H]2COC[C@@H]1c1nnc(-c3cc(OC(F)(F)F)ccn3)n1C2. The second-order valence-corrected chi connectivity index (χ2v) is 8.00. The van der Waals surface area contributed by atoms with Crippen LogP contribution < -0.4 is 4.74 Å². The van der Waals surface area contributed by atoms with Gasteiger partial charge in [-0.1, -0.05) is 6.07 Å². The number of carbonyl (C=O) groups excluding carboxylic acids is 1. The van der Waals surface area contributed by atoms with Crippen LogP contribution in [0.4, 0.5) is 30.7 Å². The Balaban J connectivity index is 1.50. The number of alkyl halides is 6. The Morgan fingerprint density at radius 1 is 1.08 bits per heavy atom. The van der Waals surface area contributed by atoms with Gasteiger partial charge in [0.25, 0.3) is 5.91 Å². The molecule has 0 unspecified atom stereocenters. The Hall–Kier alpha value is -3.75. The van der Waals surface area contributed by atoms with E-state index in [0.29, 0.717) is 6.07 Å². The molecule has 2 bridgehead atoms. The molecule has 2 atom stereocenters. The van der Waals surface area contributed by atoms with Gasteiger partial charge in [0.2, 0.25) is 0 Å². The van der Waals surface area contributed by atoms with Crippen molar-refractivity contribution in [3.8, 4) is 17.3 Å². The first kappa shape index (κ1) is 24.0. The first-order valence-corrected chi connectivity index (χ1v) is 10.4. The number of halogens is 7. The lowest BCUT2D eigenvalue weighted by molar-refractivity contribution is -0.274. The van der Waals surface area contributed by atoms with Gasteiger partial charge in [-0.25, -0.2) is 4.39 Å². The summed E-state index contributed by atoms with van der Waals surface area (Å²) in [7, 11) is 0. The minimum absolute atomic E-state index is 0.0122. The van der Waals surface area contributed by atoms with Gasteiger partial charge < -0.3 is 18.9 Å². The third kappa shape index (κ3) is 4.23. The summed E-state index contributed by atoms with van der Waals surface area (Å²) >= 11 is 0. The molecule has 3 aromatic rings. The summed E-state index contributed by atoms with van der Waals surface area (Å²) in [6.07, 6.45) is -8.82. The Labute approximate surface area is 197 Å². The van der Waals surface area contributed by atoms with E-state index in [2.05, 4.69) is 19.9 Å². The minimum Gasteiger partial charge on any atom is -0.406 e. The summed E-state index contributed by atoms with van der Waals surface area (Å²) in [6.45, 7) is -0.150. The fourth-order valence-electron chi connectivity index (χ4n) is 4.31. The van der Waals surface area contributed by atoms with Gasteiger partial charge in [0, 0.05) is 18.8 Å². The molecule has 1 fully saturated rings. The van der Waals surface area contributed by atoms with Crippen molar-refractivity contribution >= 4 is 5.91 Å². The third-order valence-electron chi connectivity index (χ3n) is 5.75. The lowest BCUT2D eigenvalue weighted by Gasteiger charge is -2.45. The summed E-state index contributed by atoms with van der Waals surface area (Å²) in [5.41, 5.74) is -2.31. The largest absolute Gasteiger partial charge is 0.573 e. The van der Waals surface area contributed by atoms with Gasteiger partial charge in [-0.05, 0) is 18.2 Å². The Morgan fingerprint density at radius 2 is 1.86 bits per heavy atom. The highest BCUT2D eigenvalue weighted by atomic mass is 19.4. The number of aromatic nitrogens is 4. The standard InChI is InChI=1S/C21H14F7N5O3/c22-16-12(2-1-3-13(16)20(23,24)25)19(34)33-10-7-32-17(30-31-18(32)15(33)9-35-8-10)14-6-11(4-5-29-14)36-21(26,27)28/h1-6,10,15H,7-9H2/t10-,15-/m1/s1. The molecule has 15 heteroatoms. The van der Waals surface area contributed by atoms with Crippen LogP contribution in [0.5, 0.6) is 5.75 Å². The molecule has 4 heterocycles. The van der Waals surface area contributed by atoms with Crippen molar-refractivity contribution < 1.29 is 45.0 Å². The van der Waals surface area contributed by atoms with Crippen LogP contribution >= 0.6 is 0 Å². The van der Waals surface area contributed by atoms with Gasteiger partial charge in [0.15, 0.2) is 11.6 Å². The smallest absolute Gasteiger partial charge is 0.406 e. The van der Waals surface area contributed by atoms with E-state index in [1.54, 1.807) is 0 Å². The number of pyridine rings is 1. The molecule has 1 aromatic carbocycles. The topological polar surface area (TPSA) is 82.4 Å². The van der Waals surface area contributed by atoms with Gasteiger partial charge in [0.05, 0.1) is 30.4 Å². The van der Waals surface area contributed by atoms with E-state index in [4.69, 9.17) is 4.74 Å². The summed E-state index contributed by atoms with van der Waals surface area (Å²) in [5, 5.41) is 8.02. The van der Waals surface area contributed by atoms with Crippen molar-refractivity contribution in [2.24, 2.45) is 0 Å². The van der Waals surface area contributed by atoms with Crippen molar-refractivity contribution in [2.75, 3.05) is 13.2 Å². The molecule has 0 radical (unpaired) electrons. The molecular weight excluding hydrogens is 503 g/mol. The van der Waals surface area contributed by atoms with E-state index >= 15 is 0 Å². The van der Waals surface area contributed by atoms with Crippen molar-refractivity contribution in [1.82, 2.24) is 24.6 Å². The quantitative estimate of drug-likeness (QED) is 0.489. The van der Waals surface area contributed by atoms with Crippen LogP contribution in [-0.4, -0.2) is 56.2 Å². The zero-order valence-electron chi connectivity index (χ0n) is 17.8. The number of rotatable bonds is 3. The number of nitrogens with zero attached hydrogens (tertiary/aromatic N) is 5. The number of fused-ring (bicyclic) bond motifs is 4. The Bertz CT molecular complexity index is 1320. The summed E-state index contributed by atoms with van der Waals surface area (Å²) in [6, 6.07) is 2.79. The molecule has 0 saturated carbocycles. The maximum Gasteiger partial charge on any atom is 0.573 e. The van der Waals surface area contributed by atoms with E-state index in [9.17, 15) is 35.5 Å². The average molecular weight is 517 g/mol. The number of ether oxygens (including phenoxy) is 2. The molecule has 36 heavy (non-hydrogen) atoms. The number of carbonyl (C=O) groups is 1. The fourth-order valence-corrected chi connectivity index (χ4v) is 4.31. The van der Waals surface area contributed by atoms with Crippen LogP contribution in [0, 0.1) is 5.82 Å². The van der Waals surface area contributed by atoms with E-state index in [0.717, 1.165) is 30.5 Å². The van der Waals surface area contributed by atoms with Gasteiger partial charge in [-0.15, -0.1) is 23.4 Å². The van der Waals surface area contributed by atoms with Crippen LogP contribution in [0.2, 0.25) is 0 Å². The predicted octanol–water partition coefficient (Wildman–Crippen LogP) is 3.99. The van der Waals surface area contributed by atoms with E-state index in [1.807, 2.05) is 0 Å². The van der Waals surface area contributed by atoms with Gasteiger partial charge in [-0.3, -0.25) is 9.78 Å². The van der Waals surface area contributed by atoms with Crippen molar-refractivity contribution in [1.29, 1.82) is 0 Å². The summed E-state index contributed by atoms with van der Waals surface area (Å²) in [5.74, 6) is -2.95. The second-order valence-electron chi connectivity index (χ2n) is 8.00. The molecule has 2 aromatic heterocycles. The van der Waals surface area contributed by atoms with Crippen molar-refractivity contribution in [2.45, 2.75) is 31.2 Å². The number of hydrogen-bond donors (Lipinski definition) is 0. The van der Waals surface area contributed by atoms with Gasteiger partial charge in [-0.2, -0.15) is 13.2 Å². The first-order valence-electron chi connectivity index (χ1n) is 10.4. The summed E-state index contributed by atoms with van der Waals surface area (Å²) < 4.78 is 103. The Kier molecular flexibility index (Phi) is 5.61. The molecule has 2 aliphatic heterocycles. The molecule has 0 N–H and O–H groups in total. The molecule has 8 nitrogen and oxygen atoms in total. The summed E-state index contributed by atoms with van der Waals surface area (Å²) in [4.78, 5) is 18.5. The molecule has 1 amide bonds. The Morgan fingerprint density at radius 3 is 2.58 bits per heavy atom. The van der Waals surface area contributed by atoms with Crippen LogP contribution in [-0.2, 0) is 17.5 Å². The molecule has 190 valence electrons. The predicted molar refractivity (Wildman–Crippen MR) is 105 cm³/mol. The molecular formula is C21H14F7N5O3. The molecule has 0 aliphatic carbocycles. The fraction of sp³-hybridized carbons (Fsp3) is 0.333. The number of hydrogen-bond acceptors (Lipinski definition) is 6. The average Bonchev–Trinajstić information content (AvgIpc) is 3.20. The lowest BCUT2D eigenvalue weighted by Crippen LogP contribution is -2.56. The maximum atomic E-state index is 14.7. The molecule has 0 spiro atoms. The van der Waals surface area contributed by atoms with E-state index in [-0.39, 0.29) is 37.1 Å². The molecule has 1 saturated heterocycles. The zero-order chi connectivity index (χ0) is 25.8. The maximum absolute atomic E-state index is 14.7. The van der Waals surface area contributed by atoms with E-state index in [1.165, 1.54) is 9.47 Å². The highest BCUT2D eigenvalue weighted by Gasteiger charge is 2.45. The normalized spacial score (nSPS) is 19.7. The number of morpholine rings is 1. The van der Waals surface area contributed by atoms with Gasteiger partial charge in [0.1, 0.15) is 23.3 Å². The highest BCUT2D eigenvalue weighted by molar-refractivity contribution is 5.95. The molecule has 2 aliphatic rings. The lowest BCUT2D eigenvalue weighted by atomic mass is 10.0. The van der Waals surface area contributed by atoms with Crippen molar-refractivity contribution in [3.63, 3.8) is 0 Å². The number of amides is 1.